The molecular formula is C24H28F2N4O2. The van der Waals surface area contributed by atoms with E-state index in [-0.39, 0.29) is 23.7 Å². The van der Waals surface area contributed by atoms with Gasteiger partial charge in [-0.1, -0.05) is 50.3 Å². The number of hydrogen-bond donors (Lipinski definition) is 1. The third kappa shape index (κ3) is 7.14. The zero-order valence-electron chi connectivity index (χ0n) is 18.6. The lowest BCUT2D eigenvalue weighted by Crippen LogP contribution is -2.37. The first-order valence-electron chi connectivity index (χ1n) is 10.5. The van der Waals surface area contributed by atoms with Crippen LogP contribution in [0.4, 0.5) is 8.78 Å². The lowest BCUT2D eigenvalue weighted by Gasteiger charge is -2.24. The fourth-order valence-electron chi connectivity index (χ4n) is 3.29. The predicted molar refractivity (Wildman–Crippen MR) is 117 cm³/mol. The minimum absolute atomic E-state index is 0.0265. The smallest absolute Gasteiger partial charge is 0.224 e. The van der Waals surface area contributed by atoms with Gasteiger partial charge in [0.25, 0.3) is 0 Å². The van der Waals surface area contributed by atoms with Gasteiger partial charge in [-0.25, -0.2) is 8.78 Å². The van der Waals surface area contributed by atoms with E-state index in [0.717, 1.165) is 30.2 Å². The molecule has 0 aliphatic carbocycles. The van der Waals surface area contributed by atoms with Gasteiger partial charge in [0.2, 0.25) is 5.91 Å². The van der Waals surface area contributed by atoms with E-state index in [1.165, 1.54) is 5.56 Å². The lowest BCUT2D eigenvalue weighted by atomic mass is 9.93. The number of nitrogens with one attached hydrogen (secondary N) is 1. The Kier molecular flexibility index (Phi) is 7.56. The van der Waals surface area contributed by atoms with Crippen LogP contribution in [-0.2, 0) is 30.8 Å². The van der Waals surface area contributed by atoms with Crippen molar-refractivity contribution in [1.29, 1.82) is 0 Å². The van der Waals surface area contributed by atoms with Crippen LogP contribution >= 0.6 is 0 Å². The molecular weight excluding hydrogens is 414 g/mol. The Hall–Kier alpha value is -3.29. The van der Waals surface area contributed by atoms with Gasteiger partial charge in [0.1, 0.15) is 29.7 Å². The average Bonchev–Trinajstić information content (AvgIpc) is 3.17. The highest BCUT2D eigenvalue weighted by Crippen LogP contribution is 2.18. The first kappa shape index (κ1) is 23.4. The Morgan fingerprint density at radius 2 is 1.84 bits per heavy atom. The van der Waals surface area contributed by atoms with Crippen molar-refractivity contribution in [3.05, 3.63) is 77.1 Å². The lowest BCUT2D eigenvalue weighted by molar-refractivity contribution is -0.120. The van der Waals surface area contributed by atoms with Gasteiger partial charge in [0.15, 0.2) is 0 Å². The average molecular weight is 443 g/mol. The van der Waals surface area contributed by atoms with Gasteiger partial charge in [-0.05, 0) is 17.5 Å². The molecule has 1 N–H and O–H groups in total. The molecule has 0 aliphatic heterocycles. The second-order valence-electron chi connectivity index (χ2n) is 8.59. The Balaban J connectivity index is 1.48. The van der Waals surface area contributed by atoms with E-state index in [0.29, 0.717) is 25.2 Å². The molecule has 2 aromatic carbocycles. The maximum atomic E-state index is 13.2. The fourth-order valence-corrected chi connectivity index (χ4v) is 3.29. The molecule has 0 atom stereocenters. The minimum Gasteiger partial charge on any atom is -0.487 e. The van der Waals surface area contributed by atoms with Crippen LogP contribution in [0.25, 0.3) is 0 Å². The Labute approximate surface area is 186 Å². The number of ether oxygens (including phenoxy) is 1. The van der Waals surface area contributed by atoms with Crippen LogP contribution in [0.1, 0.15) is 37.6 Å². The number of benzene rings is 2. The predicted octanol–water partition coefficient (Wildman–Crippen LogP) is 4.08. The summed E-state index contributed by atoms with van der Waals surface area (Å²) in [5, 5.41) is 11.1. The molecule has 0 fully saturated rings. The van der Waals surface area contributed by atoms with Crippen molar-refractivity contribution in [2.75, 3.05) is 6.54 Å². The first-order valence-corrected chi connectivity index (χ1v) is 10.5. The van der Waals surface area contributed by atoms with Gasteiger partial charge in [-0.15, -0.1) is 5.10 Å². The highest BCUT2D eigenvalue weighted by Gasteiger charge is 2.21. The number of aryl methyl sites for hydroxylation is 1. The van der Waals surface area contributed by atoms with Gasteiger partial charge in [-0.2, -0.15) is 0 Å². The van der Waals surface area contributed by atoms with Gasteiger partial charge >= 0.3 is 0 Å². The summed E-state index contributed by atoms with van der Waals surface area (Å²) in [5.74, 6) is -1.35. The normalized spacial score (nSPS) is 11.4. The zero-order valence-corrected chi connectivity index (χ0v) is 18.6. The highest BCUT2D eigenvalue weighted by molar-refractivity contribution is 5.78. The second-order valence-corrected chi connectivity index (χ2v) is 8.59. The Morgan fingerprint density at radius 3 is 2.56 bits per heavy atom. The van der Waals surface area contributed by atoms with E-state index in [9.17, 15) is 13.6 Å². The van der Waals surface area contributed by atoms with Crippen molar-refractivity contribution < 1.29 is 18.3 Å². The van der Waals surface area contributed by atoms with Gasteiger partial charge < -0.3 is 10.1 Å². The molecule has 0 spiro atoms. The van der Waals surface area contributed by atoms with E-state index < -0.39 is 11.6 Å². The largest absolute Gasteiger partial charge is 0.487 e. The van der Waals surface area contributed by atoms with Crippen LogP contribution in [0.5, 0.6) is 5.75 Å². The molecule has 0 bridgehead atoms. The maximum Gasteiger partial charge on any atom is 0.224 e. The van der Waals surface area contributed by atoms with Gasteiger partial charge in [-0.3, -0.25) is 9.48 Å². The number of nitrogens with zero attached hydrogens (tertiary/aromatic N) is 3. The van der Waals surface area contributed by atoms with Crippen LogP contribution in [0.2, 0.25) is 0 Å². The number of carbonyl (C=O) groups excluding carboxylic acids is 1. The third-order valence-electron chi connectivity index (χ3n) is 4.93. The molecule has 8 heteroatoms. The summed E-state index contributed by atoms with van der Waals surface area (Å²) in [6.07, 6.45) is 3.00. The molecule has 3 rings (SSSR count). The molecule has 0 saturated carbocycles. The minimum atomic E-state index is -0.703. The monoisotopic (exact) mass is 442 g/mol. The standard InChI is InChI=1S/C24H28F2N4O2/c1-4-17-6-5-7-18(8-17)9-23(31)27-15-24(2,3)16-30-13-21(28-29-30)14-32-22-11-19(25)10-20(26)12-22/h5-8,10-13H,4,9,14-16H2,1-3H3,(H,27,31). The Morgan fingerprint density at radius 1 is 1.12 bits per heavy atom. The summed E-state index contributed by atoms with van der Waals surface area (Å²) in [6, 6.07) is 11.0. The summed E-state index contributed by atoms with van der Waals surface area (Å²) in [5.41, 5.74) is 2.48. The van der Waals surface area contributed by atoms with Crippen LogP contribution in [0.3, 0.4) is 0 Å². The highest BCUT2D eigenvalue weighted by atomic mass is 19.1. The summed E-state index contributed by atoms with van der Waals surface area (Å²) < 4.78 is 33.6. The van der Waals surface area contributed by atoms with Crippen LogP contribution in [0.15, 0.2) is 48.7 Å². The second kappa shape index (κ2) is 10.3. The van der Waals surface area contributed by atoms with Crippen molar-refractivity contribution in [3.63, 3.8) is 0 Å². The van der Waals surface area contributed by atoms with Crippen molar-refractivity contribution >= 4 is 5.91 Å². The topological polar surface area (TPSA) is 69.0 Å². The van der Waals surface area contributed by atoms with Crippen LogP contribution < -0.4 is 10.1 Å². The fraction of sp³-hybridized carbons (Fsp3) is 0.375. The summed E-state index contributed by atoms with van der Waals surface area (Å²) in [6.45, 7) is 7.19. The number of aromatic nitrogens is 3. The summed E-state index contributed by atoms with van der Waals surface area (Å²) in [4.78, 5) is 12.4. The molecule has 32 heavy (non-hydrogen) atoms. The quantitative estimate of drug-likeness (QED) is 0.514. The van der Waals surface area contributed by atoms with Gasteiger partial charge in [0, 0.05) is 36.7 Å². The first-order chi connectivity index (χ1) is 15.2. The van der Waals surface area contributed by atoms with E-state index >= 15 is 0 Å². The van der Waals surface area contributed by atoms with Crippen molar-refractivity contribution in [2.24, 2.45) is 5.41 Å². The molecule has 170 valence electrons. The van der Waals surface area contributed by atoms with Crippen LogP contribution in [0, 0.1) is 17.0 Å². The number of halogens is 2. The number of hydrogen-bond acceptors (Lipinski definition) is 4. The summed E-state index contributed by atoms with van der Waals surface area (Å²) in [7, 11) is 0. The van der Waals surface area contributed by atoms with E-state index in [1.807, 2.05) is 26.0 Å². The number of carbonyl (C=O) groups is 1. The molecule has 3 aromatic rings. The zero-order chi connectivity index (χ0) is 23.1. The van der Waals surface area contributed by atoms with Gasteiger partial charge in [0.05, 0.1) is 12.6 Å². The summed E-state index contributed by atoms with van der Waals surface area (Å²) >= 11 is 0. The number of amides is 1. The van der Waals surface area contributed by atoms with Crippen molar-refractivity contribution in [3.8, 4) is 5.75 Å². The van der Waals surface area contributed by atoms with Crippen LogP contribution in [-0.4, -0.2) is 27.4 Å². The molecule has 0 aliphatic rings. The Bertz CT molecular complexity index is 1050. The van der Waals surface area contributed by atoms with Crippen molar-refractivity contribution in [1.82, 2.24) is 20.3 Å². The SMILES string of the molecule is CCc1cccc(CC(=O)NCC(C)(C)Cn2cc(COc3cc(F)cc(F)c3)nn2)c1. The molecule has 1 aromatic heterocycles. The molecule has 1 heterocycles. The molecule has 6 nitrogen and oxygen atoms in total. The molecule has 1 amide bonds. The molecule has 0 unspecified atom stereocenters. The molecule has 0 radical (unpaired) electrons. The van der Waals surface area contributed by atoms with Crippen molar-refractivity contribution in [2.45, 2.75) is 46.8 Å². The number of rotatable bonds is 10. The molecule has 0 saturated heterocycles. The third-order valence-corrected chi connectivity index (χ3v) is 4.93. The van der Waals surface area contributed by atoms with E-state index in [2.05, 4.69) is 34.7 Å². The maximum absolute atomic E-state index is 13.2. The van der Waals surface area contributed by atoms with E-state index in [4.69, 9.17) is 4.74 Å². The van der Waals surface area contributed by atoms with E-state index in [1.54, 1.807) is 10.9 Å².